The van der Waals surface area contributed by atoms with Crippen molar-refractivity contribution >= 4 is 14.3 Å². The monoisotopic (exact) mass is 438 g/mol. The fourth-order valence-electron chi connectivity index (χ4n) is 5.98. The quantitative estimate of drug-likeness (QED) is 0.283. The second-order valence-corrected chi connectivity index (χ2v) is 16.5. The van der Waals surface area contributed by atoms with E-state index in [4.69, 9.17) is 9.16 Å². The van der Waals surface area contributed by atoms with Gasteiger partial charge in [-0.2, -0.15) is 0 Å². The second kappa shape index (κ2) is 9.46. The van der Waals surface area contributed by atoms with Gasteiger partial charge < -0.3 is 14.3 Å². The lowest BCUT2D eigenvalue weighted by molar-refractivity contribution is -0.136. The normalized spacial score (nSPS) is 31.7. The van der Waals surface area contributed by atoms with E-state index in [1.165, 1.54) is 39.2 Å². The summed E-state index contributed by atoms with van der Waals surface area (Å²) in [5.41, 5.74) is 0.636. The molecule has 0 spiro atoms. The first-order valence-corrected chi connectivity index (χ1v) is 14.8. The van der Waals surface area contributed by atoms with Gasteiger partial charge in [0.15, 0.2) is 8.32 Å². The number of carbonyl (C=O) groups is 1. The summed E-state index contributed by atoms with van der Waals surface area (Å²) in [4.78, 5) is 11.6. The first-order valence-electron chi connectivity index (χ1n) is 11.8. The molecule has 2 aliphatic carbocycles. The lowest BCUT2D eigenvalue weighted by Crippen LogP contribution is -2.50. The summed E-state index contributed by atoms with van der Waals surface area (Å²) >= 11 is 0. The van der Waals surface area contributed by atoms with E-state index < -0.39 is 20.4 Å². The highest BCUT2D eigenvalue weighted by Gasteiger charge is 2.54. The molecule has 0 amide bonds. The number of ether oxygens (including phenoxy) is 1. The van der Waals surface area contributed by atoms with Crippen molar-refractivity contribution in [1.82, 2.24) is 0 Å². The summed E-state index contributed by atoms with van der Waals surface area (Å²) in [6, 6.07) is 0. The third-order valence-corrected chi connectivity index (χ3v) is 13.2. The second-order valence-electron chi connectivity index (χ2n) is 11.8. The van der Waals surface area contributed by atoms with Crippen LogP contribution in [0.15, 0.2) is 12.2 Å². The smallest absolute Gasteiger partial charge is 0.333 e. The van der Waals surface area contributed by atoms with E-state index in [0.29, 0.717) is 42.3 Å². The van der Waals surface area contributed by atoms with Gasteiger partial charge in [0.05, 0.1) is 13.2 Å². The van der Waals surface area contributed by atoms with Crippen molar-refractivity contribution in [3.05, 3.63) is 12.2 Å². The van der Waals surface area contributed by atoms with Crippen molar-refractivity contribution in [3.63, 3.8) is 0 Å². The Bertz CT molecular complexity index is 623. The minimum absolute atomic E-state index is 0.234. The maximum Gasteiger partial charge on any atom is 0.333 e. The lowest BCUT2D eigenvalue weighted by Gasteiger charge is -2.50. The Morgan fingerprint density at radius 2 is 1.90 bits per heavy atom. The Labute approximate surface area is 185 Å². The van der Waals surface area contributed by atoms with Gasteiger partial charge in [0.2, 0.25) is 0 Å². The number of fused-ring (bicyclic) bond motifs is 1. The molecule has 2 fully saturated rings. The lowest BCUT2D eigenvalue weighted by atomic mass is 9.61. The number of carbonyl (C=O) groups excluding carboxylic acids is 1. The maximum atomic E-state index is 11.6. The van der Waals surface area contributed by atoms with E-state index in [1.54, 1.807) is 0 Å². The number of rotatable bonds is 8. The first kappa shape index (κ1) is 25.6. The number of hydrogen-bond acceptors (Lipinski definition) is 4. The molecule has 2 aliphatic rings. The van der Waals surface area contributed by atoms with Crippen LogP contribution in [0.25, 0.3) is 0 Å². The predicted molar refractivity (Wildman–Crippen MR) is 126 cm³/mol. The van der Waals surface area contributed by atoms with Crippen molar-refractivity contribution in [2.24, 2.45) is 23.2 Å². The Morgan fingerprint density at radius 3 is 2.47 bits per heavy atom. The van der Waals surface area contributed by atoms with Crippen LogP contribution < -0.4 is 0 Å². The van der Waals surface area contributed by atoms with Gasteiger partial charge >= 0.3 is 5.97 Å². The minimum Gasteiger partial charge on any atom is -0.466 e. The van der Waals surface area contributed by atoms with Crippen LogP contribution >= 0.6 is 0 Å². The van der Waals surface area contributed by atoms with Crippen LogP contribution in [0.1, 0.15) is 79.6 Å². The Balaban J connectivity index is 2.05. The van der Waals surface area contributed by atoms with Gasteiger partial charge in [0.25, 0.3) is 0 Å². The highest BCUT2D eigenvalue weighted by Crippen LogP contribution is 2.59. The molecule has 0 radical (unpaired) electrons. The van der Waals surface area contributed by atoms with Gasteiger partial charge in [-0.3, -0.25) is 0 Å². The zero-order chi connectivity index (χ0) is 22.9. The standard InChI is InChI=1S/C25H46O4Si/c1-17(15-19(26)16-18(2)23(27)28-7)20-12-13-21-22(11-10-14-25(20,21)6)29-30(8,9)24(3,4)5/h17,19-22,26H,2,10-16H2,1,3-9H3/t17-,19+,20-,21?,22?,25+/m1/s1. The van der Waals surface area contributed by atoms with Crippen LogP contribution in [0, 0.1) is 23.2 Å². The molecule has 6 atom stereocenters. The first-order chi connectivity index (χ1) is 13.7. The van der Waals surface area contributed by atoms with E-state index in [0.717, 1.165) is 0 Å². The van der Waals surface area contributed by atoms with Crippen LogP contribution in [0.3, 0.4) is 0 Å². The van der Waals surface area contributed by atoms with E-state index >= 15 is 0 Å². The van der Waals surface area contributed by atoms with Gasteiger partial charge in [-0.1, -0.05) is 47.6 Å². The molecular formula is C25H46O4Si. The molecule has 2 unspecified atom stereocenters. The van der Waals surface area contributed by atoms with Crippen molar-refractivity contribution in [1.29, 1.82) is 0 Å². The van der Waals surface area contributed by atoms with Crippen LogP contribution in [0.5, 0.6) is 0 Å². The highest BCUT2D eigenvalue weighted by atomic mass is 28.4. The molecule has 1 N–H and O–H groups in total. The molecule has 2 rings (SSSR count). The van der Waals surface area contributed by atoms with E-state index in [2.05, 4.69) is 54.3 Å². The number of aliphatic hydroxyl groups excluding tert-OH is 1. The molecule has 0 heterocycles. The molecule has 0 bridgehead atoms. The number of esters is 1. The predicted octanol–water partition coefficient (Wildman–Crippen LogP) is 6.10. The van der Waals surface area contributed by atoms with E-state index in [9.17, 15) is 9.90 Å². The Morgan fingerprint density at radius 1 is 1.27 bits per heavy atom. The average molecular weight is 439 g/mol. The van der Waals surface area contributed by atoms with Gasteiger partial charge in [-0.15, -0.1) is 0 Å². The summed E-state index contributed by atoms with van der Waals surface area (Å²) in [7, 11) is -0.432. The summed E-state index contributed by atoms with van der Waals surface area (Å²) in [5, 5.41) is 10.8. The average Bonchev–Trinajstić information content (AvgIpc) is 2.97. The fraction of sp³-hybridized carbons (Fsp3) is 0.880. The Hall–Kier alpha value is -0.653. The zero-order valence-electron chi connectivity index (χ0n) is 20.7. The number of hydrogen-bond donors (Lipinski definition) is 1. The maximum absolute atomic E-state index is 11.6. The van der Waals surface area contributed by atoms with Crippen molar-refractivity contribution in [3.8, 4) is 0 Å². The van der Waals surface area contributed by atoms with Gasteiger partial charge in [0, 0.05) is 18.1 Å². The molecule has 0 aliphatic heterocycles. The van der Waals surface area contributed by atoms with E-state index in [1.807, 2.05) is 0 Å². The third kappa shape index (κ3) is 5.39. The number of methoxy groups -OCH3 is 1. The summed E-state index contributed by atoms with van der Waals surface area (Å²) in [6.45, 7) is 20.2. The molecule has 0 aromatic rings. The molecule has 5 heteroatoms. The van der Waals surface area contributed by atoms with Crippen molar-refractivity contribution in [2.45, 2.75) is 110 Å². The SMILES string of the molecule is C=C(C[C@@H](O)C[C@@H](C)[C@H]1CCC2C(O[Si](C)(C)C(C)(C)C)CCC[C@]21C)C(=O)OC. The topological polar surface area (TPSA) is 55.8 Å². The largest absolute Gasteiger partial charge is 0.466 e. The molecular weight excluding hydrogens is 392 g/mol. The van der Waals surface area contributed by atoms with Crippen LogP contribution in [0.4, 0.5) is 0 Å². The van der Waals surface area contributed by atoms with E-state index in [-0.39, 0.29) is 10.5 Å². The zero-order valence-corrected chi connectivity index (χ0v) is 21.7. The summed E-state index contributed by atoms with van der Waals surface area (Å²) in [5.74, 6) is 1.20. The molecule has 0 saturated heterocycles. The number of aliphatic hydroxyl groups is 1. The van der Waals surface area contributed by atoms with Crippen LogP contribution in [0.2, 0.25) is 18.1 Å². The molecule has 30 heavy (non-hydrogen) atoms. The molecule has 174 valence electrons. The minimum atomic E-state index is -1.79. The Kier molecular flexibility index (Phi) is 8.07. The van der Waals surface area contributed by atoms with Crippen molar-refractivity contribution < 1.29 is 19.1 Å². The molecule has 4 nitrogen and oxygen atoms in total. The summed E-state index contributed by atoms with van der Waals surface area (Å²) in [6.07, 6.45) is 6.96. The van der Waals surface area contributed by atoms with Gasteiger partial charge in [-0.05, 0) is 73.4 Å². The van der Waals surface area contributed by atoms with Crippen molar-refractivity contribution in [2.75, 3.05) is 7.11 Å². The molecule has 0 aromatic carbocycles. The summed E-state index contributed by atoms with van der Waals surface area (Å²) < 4.78 is 11.7. The fourth-order valence-corrected chi connectivity index (χ4v) is 7.37. The molecule has 0 aromatic heterocycles. The van der Waals surface area contributed by atoms with Crippen LogP contribution in [-0.2, 0) is 14.0 Å². The molecule has 2 saturated carbocycles. The highest BCUT2D eigenvalue weighted by molar-refractivity contribution is 6.74. The van der Waals surface area contributed by atoms with Gasteiger partial charge in [0.1, 0.15) is 0 Å². The van der Waals surface area contributed by atoms with Crippen LogP contribution in [-0.4, -0.2) is 38.7 Å². The third-order valence-electron chi connectivity index (χ3n) is 8.67. The van der Waals surface area contributed by atoms with Gasteiger partial charge in [-0.25, -0.2) is 4.79 Å².